The van der Waals surface area contributed by atoms with Crippen molar-refractivity contribution < 1.29 is 0 Å². The van der Waals surface area contributed by atoms with E-state index in [1.165, 1.54) is 0 Å². The minimum atomic E-state index is 0.896. The molecule has 13 heavy (non-hydrogen) atoms. The lowest BCUT2D eigenvalue weighted by Crippen LogP contribution is -2.02. The van der Waals surface area contributed by atoms with Gasteiger partial charge in [-0.15, -0.1) is 0 Å². The summed E-state index contributed by atoms with van der Waals surface area (Å²) in [6.07, 6.45) is 2.72. The number of amidine groups is 1. The summed E-state index contributed by atoms with van der Waals surface area (Å²) in [5.74, 6) is 0.916. The molecule has 1 aromatic rings. The molecule has 2 nitrogen and oxygen atoms in total. The van der Waals surface area contributed by atoms with Gasteiger partial charge in [0.05, 0.1) is 11.9 Å². The van der Waals surface area contributed by atoms with Crippen LogP contribution in [0.4, 0.5) is 0 Å². The van der Waals surface area contributed by atoms with Crippen molar-refractivity contribution in [2.75, 3.05) is 0 Å². The standard InChI is InChI=1S/C11H11N2/c1-2-11-12-8-10(13-11)9-6-4-3-5-7-9/h3-8H,2H2,1H3. The van der Waals surface area contributed by atoms with Crippen molar-refractivity contribution in [1.29, 1.82) is 0 Å². The second-order valence-corrected chi connectivity index (χ2v) is 2.89. The van der Waals surface area contributed by atoms with Crippen LogP contribution in [0.15, 0.2) is 41.5 Å². The summed E-state index contributed by atoms with van der Waals surface area (Å²) in [7, 11) is 0. The SMILES string of the molecule is CCC1=NC(c2ccccc2)=C[N]1. The Morgan fingerprint density at radius 2 is 1.92 bits per heavy atom. The molecule has 1 aliphatic rings. The van der Waals surface area contributed by atoms with Crippen LogP contribution in [0.2, 0.25) is 0 Å². The van der Waals surface area contributed by atoms with E-state index >= 15 is 0 Å². The minimum Gasteiger partial charge on any atom is -0.239 e. The maximum Gasteiger partial charge on any atom is 0.128 e. The summed E-state index contributed by atoms with van der Waals surface area (Å²) in [6.45, 7) is 2.06. The summed E-state index contributed by atoms with van der Waals surface area (Å²) in [5.41, 5.74) is 2.10. The first-order chi connectivity index (χ1) is 6.40. The van der Waals surface area contributed by atoms with Crippen molar-refractivity contribution >= 4 is 11.5 Å². The van der Waals surface area contributed by atoms with Gasteiger partial charge in [0.15, 0.2) is 0 Å². The van der Waals surface area contributed by atoms with Gasteiger partial charge in [0.1, 0.15) is 5.84 Å². The molecule has 2 rings (SSSR count). The maximum atomic E-state index is 4.39. The number of hydrogen-bond acceptors (Lipinski definition) is 1. The van der Waals surface area contributed by atoms with Crippen LogP contribution in [-0.4, -0.2) is 5.84 Å². The number of nitrogens with zero attached hydrogens (tertiary/aromatic N) is 2. The Morgan fingerprint density at radius 3 is 2.54 bits per heavy atom. The molecular weight excluding hydrogens is 160 g/mol. The Labute approximate surface area is 78.0 Å². The van der Waals surface area contributed by atoms with Gasteiger partial charge in [-0.3, -0.25) is 0 Å². The van der Waals surface area contributed by atoms with Gasteiger partial charge in [-0.2, -0.15) is 0 Å². The molecule has 0 aromatic heterocycles. The molecule has 0 saturated heterocycles. The summed E-state index contributed by atoms with van der Waals surface area (Å²) in [5, 5.41) is 4.20. The summed E-state index contributed by atoms with van der Waals surface area (Å²) >= 11 is 0. The maximum absolute atomic E-state index is 4.39. The summed E-state index contributed by atoms with van der Waals surface area (Å²) < 4.78 is 0. The van der Waals surface area contributed by atoms with Gasteiger partial charge in [0.2, 0.25) is 0 Å². The molecule has 1 aromatic carbocycles. The third-order valence-corrected chi connectivity index (χ3v) is 1.97. The second-order valence-electron chi connectivity index (χ2n) is 2.89. The molecule has 0 N–H and O–H groups in total. The highest BCUT2D eigenvalue weighted by molar-refractivity contribution is 5.92. The van der Waals surface area contributed by atoms with Crippen LogP contribution in [0.5, 0.6) is 0 Å². The number of benzene rings is 1. The van der Waals surface area contributed by atoms with Crippen LogP contribution < -0.4 is 5.32 Å². The zero-order valence-electron chi connectivity index (χ0n) is 7.57. The summed E-state index contributed by atoms with van der Waals surface area (Å²) in [4.78, 5) is 4.39. The Balaban J connectivity index is 2.25. The molecule has 0 unspecified atom stereocenters. The molecule has 2 heteroatoms. The smallest absolute Gasteiger partial charge is 0.128 e. The first-order valence-electron chi connectivity index (χ1n) is 4.44. The van der Waals surface area contributed by atoms with Crippen molar-refractivity contribution in [3.63, 3.8) is 0 Å². The lowest BCUT2D eigenvalue weighted by Gasteiger charge is -1.95. The third-order valence-electron chi connectivity index (χ3n) is 1.97. The second kappa shape index (κ2) is 3.44. The lowest BCUT2D eigenvalue weighted by molar-refractivity contribution is 1.16. The highest BCUT2D eigenvalue weighted by atomic mass is 15.0. The fraction of sp³-hybridized carbons (Fsp3) is 0.182. The molecule has 0 atom stereocenters. The van der Waals surface area contributed by atoms with E-state index < -0.39 is 0 Å². The molecular formula is C11H11N2. The molecule has 1 radical (unpaired) electrons. The molecule has 65 valence electrons. The zero-order chi connectivity index (χ0) is 9.10. The van der Waals surface area contributed by atoms with E-state index in [9.17, 15) is 0 Å². The van der Waals surface area contributed by atoms with Crippen LogP contribution in [0.25, 0.3) is 5.70 Å². The van der Waals surface area contributed by atoms with E-state index in [1.807, 2.05) is 36.5 Å². The van der Waals surface area contributed by atoms with E-state index in [2.05, 4.69) is 17.2 Å². The summed E-state index contributed by atoms with van der Waals surface area (Å²) in [6, 6.07) is 10.1. The monoisotopic (exact) mass is 171 g/mol. The highest BCUT2D eigenvalue weighted by Crippen LogP contribution is 2.18. The van der Waals surface area contributed by atoms with Crippen LogP contribution in [-0.2, 0) is 0 Å². The Hall–Kier alpha value is -1.57. The average Bonchev–Trinajstić information content (AvgIpc) is 2.67. The highest BCUT2D eigenvalue weighted by Gasteiger charge is 2.08. The average molecular weight is 171 g/mol. The van der Waals surface area contributed by atoms with Gasteiger partial charge in [0, 0.05) is 12.0 Å². The fourth-order valence-corrected chi connectivity index (χ4v) is 1.25. The normalized spacial score (nSPS) is 14.8. The number of hydrogen-bond donors (Lipinski definition) is 0. The van der Waals surface area contributed by atoms with Crippen LogP contribution in [0.3, 0.4) is 0 Å². The first kappa shape index (κ1) is 8.05. The van der Waals surface area contributed by atoms with Gasteiger partial charge in [-0.25, -0.2) is 10.3 Å². The van der Waals surface area contributed by atoms with Gasteiger partial charge in [-0.05, 0) is 0 Å². The molecule has 1 aliphatic heterocycles. The van der Waals surface area contributed by atoms with Gasteiger partial charge in [0.25, 0.3) is 0 Å². The van der Waals surface area contributed by atoms with Crippen LogP contribution in [0, 0.1) is 0 Å². The van der Waals surface area contributed by atoms with E-state index in [0.717, 1.165) is 23.5 Å². The topological polar surface area (TPSA) is 26.5 Å². The van der Waals surface area contributed by atoms with Gasteiger partial charge >= 0.3 is 0 Å². The van der Waals surface area contributed by atoms with E-state index in [0.29, 0.717) is 0 Å². The predicted octanol–water partition coefficient (Wildman–Crippen LogP) is 2.41. The largest absolute Gasteiger partial charge is 0.239 e. The zero-order valence-corrected chi connectivity index (χ0v) is 7.57. The fourth-order valence-electron chi connectivity index (χ4n) is 1.25. The molecule has 0 fully saturated rings. The molecule has 0 amide bonds. The number of rotatable bonds is 2. The lowest BCUT2D eigenvalue weighted by atomic mass is 10.2. The van der Waals surface area contributed by atoms with Crippen molar-refractivity contribution in [2.45, 2.75) is 13.3 Å². The van der Waals surface area contributed by atoms with Crippen molar-refractivity contribution in [2.24, 2.45) is 4.99 Å². The predicted molar refractivity (Wildman–Crippen MR) is 54.3 cm³/mol. The van der Waals surface area contributed by atoms with Gasteiger partial charge in [-0.1, -0.05) is 37.3 Å². The van der Waals surface area contributed by atoms with E-state index in [4.69, 9.17) is 0 Å². The van der Waals surface area contributed by atoms with Crippen LogP contribution in [0.1, 0.15) is 18.9 Å². The van der Waals surface area contributed by atoms with E-state index in [1.54, 1.807) is 0 Å². The Morgan fingerprint density at radius 1 is 1.15 bits per heavy atom. The van der Waals surface area contributed by atoms with Crippen molar-refractivity contribution in [3.8, 4) is 0 Å². The molecule has 0 aliphatic carbocycles. The van der Waals surface area contributed by atoms with Gasteiger partial charge < -0.3 is 0 Å². The minimum absolute atomic E-state index is 0.896. The first-order valence-corrected chi connectivity index (χ1v) is 4.44. The van der Waals surface area contributed by atoms with Crippen molar-refractivity contribution in [3.05, 3.63) is 42.1 Å². The van der Waals surface area contributed by atoms with E-state index in [-0.39, 0.29) is 0 Å². The molecule has 0 bridgehead atoms. The molecule has 0 spiro atoms. The van der Waals surface area contributed by atoms with Crippen molar-refractivity contribution in [1.82, 2.24) is 5.32 Å². The van der Waals surface area contributed by atoms with Crippen LogP contribution >= 0.6 is 0 Å². The Kier molecular flexibility index (Phi) is 2.13. The quantitative estimate of drug-likeness (QED) is 0.653. The Bertz CT molecular complexity index is 350. The third kappa shape index (κ3) is 1.61. The molecule has 1 heterocycles. The number of aliphatic imine (C=N–C) groups is 1. The molecule has 0 saturated carbocycles.